The number of nitrogens with one attached hydrogen (secondary N) is 1. The SMILES string of the molecule is Cc1nc2n(c1C)CCN(C(=O)NCC1CCN(CC(F)(F)F)CC1)C2. The molecular formula is C17H26F3N5O. The lowest BCUT2D eigenvalue weighted by Crippen LogP contribution is -2.47. The third-order valence-corrected chi connectivity index (χ3v) is 5.40. The molecule has 2 aliphatic heterocycles. The minimum absolute atomic E-state index is 0.118. The molecule has 1 fully saturated rings. The number of aromatic nitrogens is 2. The van der Waals surface area contributed by atoms with Crippen molar-refractivity contribution in [3.8, 4) is 0 Å². The molecule has 0 bridgehead atoms. The summed E-state index contributed by atoms with van der Waals surface area (Å²) in [5, 5.41) is 2.95. The number of amides is 2. The van der Waals surface area contributed by atoms with Gasteiger partial charge in [0.2, 0.25) is 0 Å². The molecule has 9 heteroatoms. The van der Waals surface area contributed by atoms with Gasteiger partial charge in [-0.2, -0.15) is 13.2 Å². The number of carbonyl (C=O) groups excluding carboxylic acids is 1. The van der Waals surface area contributed by atoms with Crippen molar-refractivity contribution in [2.24, 2.45) is 5.92 Å². The largest absolute Gasteiger partial charge is 0.401 e. The van der Waals surface area contributed by atoms with E-state index in [0.717, 1.165) is 23.8 Å². The van der Waals surface area contributed by atoms with Crippen LogP contribution in [0.1, 0.15) is 30.1 Å². The summed E-state index contributed by atoms with van der Waals surface area (Å²) in [6.45, 7) is 6.41. The number of aryl methyl sites for hydroxylation is 1. The Morgan fingerprint density at radius 2 is 1.88 bits per heavy atom. The molecule has 0 atom stereocenters. The van der Waals surface area contributed by atoms with Crippen molar-refractivity contribution in [3.05, 3.63) is 17.2 Å². The van der Waals surface area contributed by atoms with E-state index >= 15 is 0 Å². The van der Waals surface area contributed by atoms with Gasteiger partial charge >= 0.3 is 12.2 Å². The molecule has 26 heavy (non-hydrogen) atoms. The lowest BCUT2D eigenvalue weighted by molar-refractivity contribution is -0.148. The van der Waals surface area contributed by atoms with Crippen LogP contribution in [-0.4, -0.2) is 64.3 Å². The quantitative estimate of drug-likeness (QED) is 0.885. The van der Waals surface area contributed by atoms with Gasteiger partial charge in [0.1, 0.15) is 5.82 Å². The number of nitrogens with zero attached hydrogens (tertiary/aromatic N) is 4. The first kappa shape index (κ1) is 19.0. The number of piperidine rings is 1. The summed E-state index contributed by atoms with van der Waals surface area (Å²) in [5.74, 6) is 1.14. The third-order valence-electron chi connectivity index (χ3n) is 5.40. The van der Waals surface area contributed by atoms with E-state index in [-0.39, 0.29) is 11.9 Å². The van der Waals surface area contributed by atoms with Gasteiger partial charge in [-0.05, 0) is 45.7 Å². The summed E-state index contributed by atoms with van der Waals surface area (Å²) >= 11 is 0. The number of hydrogen-bond acceptors (Lipinski definition) is 3. The fourth-order valence-corrected chi connectivity index (χ4v) is 3.73. The summed E-state index contributed by atoms with van der Waals surface area (Å²) in [4.78, 5) is 20.1. The topological polar surface area (TPSA) is 53.4 Å². The number of urea groups is 1. The Morgan fingerprint density at radius 3 is 2.54 bits per heavy atom. The number of hydrogen-bond donors (Lipinski definition) is 1. The summed E-state index contributed by atoms with van der Waals surface area (Å²) < 4.78 is 39.4. The van der Waals surface area contributed by atoms with Crippen molar-refractivity contribution in [2.75, 3.05) is 32.7 Å². The van der Waals surface area contributed by atoms with Gasteiger partial charge < -0.3 is 14.8 Å². The van der Waals surface area contributed by atoms with Gasteiger partial charge in [0.05, 0.1) is 18.8 Å². The minimum Gasteiger partial charge on any atom is -0.338 e. The van der Waals surface area contributed by atoms with Crippen LogP contribution < -0.4 is 5.32 Å². The lowest BCUT2D eigenvalue weighted by atomic mass is 9.97. The second kappa shape index (κ2) is 7.46. The molecule has 1 N–H and O–H groups in total. The normalized spacial score (nSPS) is 19.5. The molecule has 1 saturated heterocycles. The van der Waals surface area contributed by atoms with Gasteiger partial charge in [-0.15, -0.1) is 0 Å². The number of imidazole rings is 1. The van der Waals surface area contributed by atoms with Gasteiger partial charge in [-0.3, -0.25) is 4.90 Å². The Morgan fingerprint density at radius 1 is 1.19 bits per heavy atom. The zero-order valence-corrected chi connectivity index (χ0v) is 15.3. The first-order chi connectivity index (χ1) is 12.2. The Balaban J connectivity index is 1.43. The van der Waals surface area contributed by atoms with Crippen LogP contribution in [0.5, 0.6) is 0 Å². The number of rotatable bonds is 3. The molecule has 2 aliphatic rings. The smallest absolute Gasteiger partial charge is 0.338 e. The van der Waals surface area contributed by atoms with E-state index < -0.39 is 12.7 Å². The van der Waals surface area contributed by atoms with Gasteiger partial charge in [0.15, 0.2) is 0 Å². The van der Waals surface area contributed by atoms with Gasteiger partial charge in [-0.25, -0.2) is 9.78 Å². The van der Waals surface area contributed by atoms with Crippen LogP contribution in [0.25, 0.3) is 0 Å². The average Bonchev–Trinajstić information content (AvgIpc) is 2.86. The van der Waals surface area contributed by atoms with Crippen LogP contribution in [0, 0.1) is 19.8 Å². The fraction of sp³-hybridized carbons (Fsp3) is 0.765. The molecule has 146 valence electrons. The fourth-order valence-electron chi connectivity index (χ4n) is 3.73. The third kappa shape index (κ3) is 4.49. The van der Waals surface area contributed by atoms with Crippen LogP contribution in [0.2, 0.25) is 0 Å². The van der Waals surface area contributed by atoms with Crippen molar-refractivity contribution < 1.29 is 18.0 Å². The highest BCUT2D eigenvalue weighted by Crippen LogP contribution is 2.22. The summed E-state index contributed by atoms with van der Waals surface area (Å²) in [6.07, 6.45) is -2.78. The molecule has 3 heterocycles. The Hall–Kier alpha value is -1.77. The highest BCUT2D eigenvalue weighted by atomic mass is 19.4. The highest BCUT2D eigenvalue weighted by Gasteiger charge is 2.32. The molecule has 0 spiro atoms. The summed E-state index contributed by atoms with van der Waals surface area (Å²) in [6, 6.07) is -0.118. The van der Waals surface area contributed by atoms with E-state index in [1.165, 1.54) is 4.90 Å². The molecule has 3 rings (SSSR count). The predicted molar refractivity (Wildman–Crippen MR) is 90.7 cm³/mol. The van der Waals surface area contributed by atoms with Gasteiger partial charge in [0.25, 0.3) is 0 Å². The maximum Gasteiger partial charge on any atom is 0.401 e. The number of halogens is 3. The van der Waals surface area contributed by atoms with Gasteiger partial charge in [0, 0.05) is 25.3 Å². The molecule has 2 amide bonds. The molecule has 1 aromatic rings. The van der Waals surface area contributed by atoms with Crippen LogP contribution in [-0.2, 0) is 13.1 Å². The van der Waals surface area contributed by atoms with Crippen molar-refractivity contribution >= 4 is 6.03 Å². The molecular weight excluding hydrogens is 347 g/mol. The second-order valence-electron chi connectivity index (χ2n) is 7.29. The number of carbonyl (C=O) groups is 1. The van der Waals surface area contributed by atoms with E-state index in [2.05, 4.69) is 14.9 Å². The van der Waals surface area contributed by atoms with Crippen molar-refractivity contribution in [1.29, 1.82) is 0 Å². The van der Waals surface area contributed by atoms with E-state index in [9.17, 15) is 18.0 Å². The zero-order chi connectivity index (χ0) is 18.9. The van der Waals surface area contributed by atoms with E-state index in [1.54, 1.807) is 4.90 Å². The van der Waals surface area contributed by atoms with E-state index in [4.69, 9.17) is 0 Å². The monoisotopic (exact) mass is 373 g/mol. The van der Waals surface area contributed by atoms with E-state index in [0.29, 0.717) is 45.6 Å². The molecule has 0 unspecified atom stereocenters. The van der Waals surface area contributed by atoms with Crippen molar-refractivity contribution in [3.63, 3.8) is 0 Å². The zero-order valence-electron chi connectivity index (χ0n) is 15.3. The average molecular weight is 373 g/mol. The van der Waals surface area contributed by atoms with E-state index in [1.807, 2.05) is 13.8 Å². The molecule has 0 saturated carbocycles. The summed E-state index contributed by atoms with van der Waals surface area (Å²) in [5.41, 5.74) is 2.14. The molecule has 6 nitrogen and oxygen atoms in total. The predicted octanol–water partition coefficient (Wildman–Crippen LogP) is 2.30. The maximum absolute atomic E-state index is 12.4. The van der Waals surface area contributed by atoms with Crippen LogP contribution >= 0.6 is 0 Å². The Kier molecular flexibility index (Phi) is 5.45. The number of likely N-dealkylation sites (tertiary alicyclic amines) is 1. The second-order valence-corrected chi connectivity index (χ2v) is 7.29. The first-order valence-corrected chi connectivity index (χ1v) is 9.07. The standard InChI is InChI=1S/C17H26F3N5O/c1-12-13(2)25-8-7-24(10-15(25)22-12)16(26)21-9-14-3-5-23(6-4-14)11-17(18,19)20/h14H,3-11H2,1-2H3,(H,21,26). The molecule has 0 aromatic carbocycles. The molecule has 0 radical (unpaired) electrons. The van der Waals surface area contributed by atoms with Crippen LogP contribution in [0.3, 0.4) is 0 Å². The number of fused-ring (bicyclic) bond motifs is 1. The van der Waals surface area contributed by atoms with Crippen LogP contribution in [0.4, 0.5) is 18.0 Å². The molecule has 0 aliphatic carbocycles. The van der Waals surface area contributed by atoms with Crippen molar-refractivity contribution in [2.45, 2.75) is 46.0 Å². The first-order valence-electron chi connectivity index (χ1n) is 9.07. The summed E-state index contributed by atoms with van der Waals surface area (Å²) in [7, 11) is 0. The maximum atomic E-state index is 12.4. The minimum atomic E-state index is -4.14. The Labute approximate surface area is 151 Å². The lowest BCUT2D eigenvalue weighted by Gasteiger charge is -2.33. The van der Waals surface area contributed by atoms with Crippen molar-refractivity contribution in [1.82, 2.24) is 24.7 Å². The Bertz CT molecular complexity index is 650. The highest BCUT2D eigenvalue weighted by molar-refractivity contribution is 5.74. The number of alkyl halides is 3. The molecule has 1 aromatic heterocycles. The van der Waals surface area contributed by atoms with Crippen LogP contribution in [0.15, 0.2) is 0 Å². The van der Waals surface area contributed by atoms with Gasteiger partial charge in [-0.1, -0.05) is 0 Å².